The second-order valence-electron chi connectivity index (χ2n) is 4.46. The number of furan rings is 1. The lowest BCUT2D eigenvalue weighted by Crippen LogP contribution is -2.16. The van der Waals surface area contributed by atoms with Gasteiger partial charge in [0.05, 0.1) is 17.9 Å². The summed E-state index contributed by atoms with van der Waals surface area (Å²) < 4.78 is 6.40. The minimum atomic E-state index is -0.183. The maximum absolute atomic E-state index is 12.7. The first-order valence-electron chi connectivity index (χ1n) is 6.43. The lowest BCUT2D eigenvalue weighted by molar-refractivity contribution is 0.559. The molecule has 0 fully saturated rings. The van der Waals surface area contributed by atoms with Crippen LogP contribution in [0.4, 0.5) is 0 Å². The van der Waals surface area contributed by atoms with Gasteiger partial charge in [-0.1, -0.05) is 6.07 Å². The molecule has 0 bridgehead atoms. The Kier molecular flexibility index (Phi) is 3.21. The Balaban J connectivity index is 1.86. The fourth-order valence-electron chi connectivity index (χ4n) is 2.10. The molecule has 0 amide bonds. The number of nitrogens with zero attached hydrogens (tertiary/aromatic N) is 3. The molecule has 0 radical (unpaired) electrons. The average Bonchev–Trinajstić information content (AvgIpc) is 3.27. The van der Waals surface area contributed by atoms with Crippen LogP contribution < -0.4 is 5.56 Å². The summed E-state index contributed by atoms with van der Waals surface area (Å²) in [4.78, 5) is 18.7. The van der Waals surface area contributed by atoms with Gasteiger partial charge in [0.25, 0.3) is 5.56 Å². The Bertz CT molecular complexity index is 995. The molecule has 0 unspecified atom stereocenters. The van der Waals surface area contributed by atoms with Gasteiger partial charge in [0, 0.05) is 15.8 Å². The van der Waals surface area contributed by atoms with E-state index in [2.05, 4.69) is 10.1 Å². The molecule has 0 aliphatic rings. The molecular weight excluding hydrogens is 318 g/mol. The van der Waals surface area contributed by atoms with Crippen molar-refractivity contribution in [3.05, 3.63) is 63.7 Å². The van der Waals surface area contributed by atoms with Crippen LogP contribution in [0.3, 0.4) is 0 Å². The molecule has 0 aromatic carbocycles. The van der Waals surface area contributed by atoms with Crippen molar-refractivity contribution in [1.29, 1.82) is 0 Å². The molecular formula is C15H9N3O2S2. The van der Waals surface area contributed by atoms with Crippen molar-refractivity contribution in [1.82, 2.24) is 9.66 Å². The van der Waals surface area contributed by atoms with Gasteiger partial charge in [-0.05, 0) is 23.6 Å². The summed E-state index contributed by atoms with van der Waals surface area (Å²) >= 11 is 3.06. The van der Waals surface area contributed by atoms with Gasteiger partial charge in [-0.15, -0.1) is 22.7 Å². The molecule has 0 atom stereocenters. The maximum atomic E-state index is 12.7. The van der Waals surface area contributed by atoms with E-state index in [0.29, 0.717) is 11.1 Å². The zero-order chi connectivity index (χ0) is 14.9. The van der Waals surface area contributed by atoms with Crippen LogP contribution >= 0.6 is 22.7 Å². The van der Waals surface area contributed by atoms with E-state index in [-0.39, 0.29) is 5.56 Å². The molecule has 7 heteroatoms. The molecule has 108 valence electrons. The molecule has 5 nitrogen and oxygen atoms in total. The average molecular weight is 327 g/mol. The molecule has 4 rings (SSSR count). The lowest BCUT2D eigenvalue weighted by Gasteiger charge is -1.98. The highest BCUT2D eigenvalue weighted by molar-refractivity contribution is 7.18. The first-order valence-corrected chi connectivity index (χ1v) is 8.19. The molecule has 0 aliphatic carbocycles. The van der Waals surface area contributed by atoms with Crippen LogP contribution in [-0.4, -0.2) is 15.9 Å². The van der Waals surface area contributed by atoms with Crippen molar-refractivity contribution in [3.63, 3.8) is 0 Å². The van der Waals surface area contributed by atoms with E-state index in [4.69, 9.17) is 4.42 Å². The minimum absolute atomic E-state index is 0.183. The normalized spacial score (nSPS) is 11.6. The van der Waals surface area contributed by atoms with Gasteiger partial charge in [-0.2, -0.15) is 9.78 Å². The molecule has 0 spiro atoms. The fraction of sp³-hybridized carbons (Fsp3) is 0. The minimum Gasteiger partial charge on any atom is -0.463 e. The summed E-state index contributed by atoms with van der Waals surface area (Å²) in [6, 6.07) is 7.49. The molecule has 4 aromatic rings. The Morgan fingerprint density at radius 2 is 2.23 bits per heavy atom. The number of hydrogen-bond acceptors (Lipinski definition) is 6. The van der Waals surface area contributed by atoms with Gasteiger partial charge in [0.1, 0.15) is 16.9 Å². The maximum Gasteiger partial charge on any atom is 0.283 e. The fourth-order valence-corrected chi connectivity index (χ4v) is 3.82. The summed E-state index contributed by atoms with van der Waals surface area (Å²) in [5.41, 5.74) is 0.729. The third-order valence-electron chi connectivity index (χ3n) is 3.12. The van der Waals surface area contributed by atoms with Crippen LogP contribution in [0.15, 0.2) is 61.9 Å². The summed E-state index contributed by atoms with van der Waals surface area (Å²) in [5.74, 6) is 0.579. The van der Waals surface area contributed by atoms with Crippen molar-refractivity contribution in [3.8, 4) is 10.4 Å². The molecule has 0 aliphatic heterocycles. The second-order valence-corrected chi connectivity index (χ2v) is 6.27. The van der Waals surface area contributed by atoms with Crippen molar-refractivity contribution >= 4 is 39.1 Å². The molecule has 0 N–H and O–H groups in total. The zero-order valence-electron chi connectivity index (χ0n) is 11.2. The van der Waals surface area contributed by atoms with E-state index in [1.54, 1.807) is 29.7 Å². The van der Waals surface area contributed by atoms with Crippen LogP contribution in [0.25, 0.3) is 20.7 Å². The highest BCUT2D eigenvalue weighted by atomic mass is 32.1. The van der Waals surface area contributed by atoms with Crippen LogP contribution in [0.2, 0.25) is 0 Å². The Labute approximate surface area is 132 Å². The molecule has 22 heavy (non-hydrogen) atoms. The Morgan fingerprint density at radius 1 is 1.27 bits per heavy atom. The molecule has 4 aromatic heterocycles. The first kappa shape index (κ1) is 13.2. The highest BCUT2D eigenvalue weighted by Crippen LogP contribution is 2.33. The second kappa shape index (κ2) is 5.36. The summed E-state index contributed by atoms with van der Waals surface area (Å²) in [7, 11) is 0. The van der Waals surface area contributed by atoms with Crippen molar-refractivity contribution in [2.24, 2.45) is 5.10 Å². The predicted molar refractivity (Wildman–Crippen MR) is 88.9 cm³/mol. The standard InChI is InChI=1S/C15H9N3O2S2/c19-15-13-11(12-4-2-6-21-12)8-22-14(13)16-9-18(15)17-7-10-3-1-5-20-10/h1-9H/b17-7-. The number of aromatic nitrogens is 2. The number of thiophene rings is 2. The van der Waals surface area contributed by atoms with Gasteiger partial charge < -0.3 is 4.42 Å². The third-order valence-corrected chi connectivity index (χ3v) is 4.91. The van der Waals surface area contributed by atoms with Gasteiger partial charge in [-0.25, -0.2) is 4.98 Å². The van der Waals surface area contributed by atoms with E-state index < -0.39 is 0 Å². The third kappa shape index (κ3) is 2.20. The van der Waals surface area contributed by atoms with Crippen LogP contribution in [0, 0.1) is 0 Å². The number of rotatable bonds is 3. The first-order chi connectivity index (χ1) is 10.8. The van der Waals surface area contributed by atoms with Gasteiger partial charge in [-0.3, -0.25) is 4.79 Å². The zero-order valence-corrected chi connectivity index (χ0v) is 12.8. The molecule has 4 heterocycles. The summed E-state index contributed by atoms with van der Waals surface area (Å²) in [6.07, 6.45) is 4.48. The monoisotopic (exact) mass is 327 g/mol. The SMILES string of the molecule is O=c1c2c(-c3cccs3)csc2ncn1/N=C\c1ccco1. The van der Waals surface area contributed by atoms with Crippen LogP contribution in [-0.2, 0) is 0 Å². The number of hydrogen-bond donors (Lipinski definition) is 0. The Hall–Kier alpha value is -2.51. The van der Waals surface area contributed by atoms with E-state index in [1.807, 2.05) is 22.9 Å². The predicted octanol–water partition coefficient (Wildman–Crippen LogP) is 3.66. The molecule has 0 saturated carbocycles. The van der Waals surface area contributed by atoms with E-state index >= 15 is 0 Å². The van der Waals surface area contributed by atoms with Crippen molar-refractivity contribution in [2.75, 3.05) is 0 Å². The van der Waals surface area contributed by atoms with Gasteiger partial charge >= 0.3 is 0 Å². The largest absolute Gasteiger partial charge is 0.463 e. The van der Waals surface area contributed by atoms with Gasteiger partial charge in [0.2, 0.25) is 0 Å². The van der Waals surface area contributed by atoms with Gasteiger partial charge in [0.15, 0.2) is 0 Å². The number of fused-ring (bicyclic) bond motifs is 1. The summed E-state index contributed by atoms with van der Waals surface area (Å²) in [6.45, 7) is 0. The van der Waals surface area contributed by atoms with Crippen molar-refractivity contribution < 1.29 is 4.42 Å². The van der Waals surface area contributed by atoms with E-state index in [9.17, 15) is 4.79 Å². The highest BCUT2D eigenvalue weighted by Gasteiger charge is 2.13. The topological polar surface area (TPSA) is 60.4 Å². The van der Waals surface area contributed by atoms with E-state index in [1.165, 1.54) is 28.6 Å². The molecule has 0 saturated heterocycles. The van der Waals surface area contributed by atoms with E-state index in [0.717, 1.165) is 15.3 Å². The van der Waals surface area contributed by atoms with Crippen LogP contribution in [0.1, 0.15) is 5.76 Å². The quantitative estimate of drug-likeness (QED) is 0.540. The van der Waals surface area contributed by atoms with Crippen LogP contribution in [0.5, 0.6) is 0 Å². The smallest absolute Gasteiger partial charge is 0.283 e. The lowest BCUT2D eigenvalue weighted by atomic mass is 10.2. The van der Waals surface area contributed by atoms with Crippen molar-refractivity contribution in [2.45, 2.75) is 0 Å². The Morgan fingerprint density at radius 3 is 3.00 bits per heavy atom. The summed E-state index contributed by atoms with van der Waals surface area (Å²) in [5, 5.41) is 8.69.